The standard InChI is InChI=1S/C15H25N3O3/c1-14(2)9-11(19)18(13(14)21)8-4-7-15(3,12(16)20)17-10-5-6-10/h10,17H,4-9H2,1-3H3,(H2,16,20). The van der Waals surface area contributed by atoms with Gasteiger partial charge in [0.1, 0.15) is 0 Å². The summed E-state index contributed by atoms with van der Waals surface area (Å²) in [5.74, 6) is -0.627. The van der Waals surface area contributed by atoms with Gasteiger partial charge in [0, 0.05) is 19.0 Å². The first-order chi connectivity index (χ1) is 9.66. The minimum Gasteiger partial charge on any atom is -0.368 e. The molecule has 21 heavy (non-hydrogen) atoms. The molecular formula is C15H25N3O3. The molecular weight excluding hydrogens is 270 g/mol. The molecule has 1 atom stereocenters. The molecule has 0 aromatic heterocycles. The lowest BCUT2D eigenvalue weighted by Gasteiger charge is -2.28. The van der Waals surface area contributed by atoms with E-state index in [1.165, 1.54) is 4.90 Å². The van der Waals surface area contributed by atoms with Gasteiger partial charge >= 0.3 is 0 Å². The van der Waals surface area contributed by atoms with Crippen molar-refractivity contribution in [1.29, 1.82) is 0 Å². The maximum Gasteiger partial charge on any atom is 0.237 e. The highest BCUT2D eigenvalue weighted by Gasteiger charge is 2.44. The average molecular weight is 295 g/mol. The van der Waals surface area contributed by atoms with Crippen molar-refractivity contribution in [2.24, 2.45) is 11.1 Å². The van der Waals surface area contributed by atoms with E-state index in [-0.39, 0.29) is 24.1 Å². The summed E-state index contributed by atoms with van der Waals surface area (Å²) in [4.78, 5) is 37.0. The number of likely N-dealkylation sites (tertiary alicyclic amines) is 1. The zero-order valence-corrected chi connectivity index (χ0v) is 13.1. The summed E-state index contributed by atoms with van der Waals surface area (Å²) in [5.41, 5.74) is 4.13. The van der Waals surface area contributed by atoms with Gasteiger partial charge in [-0.15, -0.1) is 0 Å². The number of nitrogens with two attached hydrogens (primary N) is 1. The Morgan fingerprint density at radius 1 is 1.43 bits per heavy atom. The van der Waals surface area contributed by atoms with Gasteiger partial charge in [-0.05, 0) is 32.6 Å². The summed E-state index contributed by atoms with van der Waals surface area (Å²) in [6.45, 7) is 5.73. The molecule has 1 saturated heterocycles. The third kappa shape index (κ3) is 3.43. The molecule has 1 heterocycles. The van der Waals surface area contributed by atoms with Crippen LogP contribution in [0.25, 0.3) is 0 Å². The minimum absolute atomic E-state index is 0.122. The number of amides is 3. The molecule has 0 aromatic rings. The molecule has 1 aliphatic carbocycles. The van der Waals surface area contributed by atoms with Crippen LogP contribution < -0.4 is 11.1 Å². The number of nitrogens with zero attached hydrogens (tertiary/aromatic N) is 1. The number of hydrogen-bond donors (Lipinski definition) is 2. The Bertz CT molecular complexity index is 471. The summed E-state index contributed by atoms with van der Waals surface area (Å²) in [5, 5.41) is 3.27. The van der Waals surface area contributed by atoms with Gasteiger partial charge in [-0.1, -0.05) is 13.8 Å². The monoisotopic (exact) mass is 295 g/mol. The molecule has 0 radical (unpaired) electrons. The molecule has 118 valence electrons. The molecule has 2 fully saturated rings. The summed E-state index contributed by atoms with van der Waals surface area (Å²) in [6.07, 6.45) is 3.50. The molecule has 1 aliphatic heterocycles. The van der Waals surface area contributed by atoms with Gasteiger partial charge in [-0.25, -0.2) is 0 Å². The van der Waals surface area contributed by atoms with Crippen molar-refractivity contribution in [2.45, 2.75) is 64.5 Å². The van der Waals surface area contributed by atoms with Gasteiger partial charge in [0.2, 0.25) is 17.7 Å². The van der Waals surface area contributed by atoms with Crippen molar-refractivity contribution >= 4 is 17.7 Å². The predicted molar refractivity (Wildman–Crippen MR) is 78.1 cm³/mol. The van der Waals surface area contributed by atoms with E-state index < -0.39 is 11.0 Å². The van der Waals surface area contributed by atoms with Crippen molar-refractivity contribution < 1.29 is 14.4 Å². The summed E-state index contributed by atoms with van der Waals surface area (Å²) >= 11 is 0. The van der Waals surface area contributed by atoms with E-state index in [2.05, 4.69) is 5.32 Å². The second-order valence-corrected chi connectivity index (χ2v) is 7.13. The Labute approximate surface area is 125 Å². The van der Waals surface area contributed by atoms with E-state index in [0.29, 0.717) is 25.4 Å². The van der Waals surface area contributed by atoms with Crippen LogP contribution in [0.4, 0.5) is 0 Å². The van der Waals surface area contributed by atoms with E-state index >= 15 is 0 Å². The Balaban J connectivity index is 1.89. The van der Waals surface area contributed by atoms with Gasteiger partial charge in [-0.3, -0.25) is 19.3 Å². The number of carbonyl (C=O) groups excluding carboxylic acids is 3. The number of hydrogen-bond acceptors (Lipinski definition) is 4. The van der Waals surface area contributed by atoms with Gasteiger partial charge in [0.15, 0.2) is 0 Å². The smallest absolute Gasteiger partial charge is 0.237 e. The second kappa shape index (κ2) is 5.40. The van der Waals surface area contributed by atoms with Crippen LogP contribution in [-0.2, 0) is 14.4 Å². The number of imide groups is 1. The predicted octanol–water partition coefficient (Wildman–Crippen LogP) is 0.548. The summed E-state index contributed by atoms with van der Waals surface area (Å²) in [6, 6.07) is 0.372. The molecule has 1 unspecified atom stereocenters. The lowest BCUT2D eigenvalue weighted by atomic mass is 9.92. The van der Waals surface area contributed by atoms with Crippen molar-refractivity contribution in [1.82, 2.24) is 10.2 Å². The van der Waals surface area contributed by atoms with Crippen LogP contribution >= 0.6 is 0 Å². The SMILES string of the molecule is CC1(C)CC(=O)N(CCCC(C)(NC2CC2)C(N)=O)C1=O. The third-order valence-corrected chi connectivity index (χ3v) is 4.42. The Morgan fingerprint density at radius 2 is 2.05 bits per heavy atom. The lowest BCUT2D eigenvalue weighted by molar-refractivity contribution is -0.140. The first-order valence-corrected chi connectivity index (χ1v) is 7.58. The fraction of sp³-hybridized carbons (Fsp3) is 0.800. The number of nitrogens with one attached hydrogen (secondary N) is 1. The first-order valence-electron chi connectivity index (χ1n) is 7.58. The zero-order chi connectivity index (χ0) is 15.8. The molecule has 2 rings (SSSR count). The fourth-order valence-electron chi connectivity index (χ4n) is 2.79. The topological polar surface area (TPSA) is 92.5 Å². The van der Waals surface area contributed by atoms with Crippen LogP contribution in [0, 0.1) is 5.41 Å². The quantitative estimate of drug-likeness (QED) is 0.671. The highest BCUT2D eigenvalue weighted by molar-refractivity contribution is 6.05. The van der Waals surface area contributed by atoms with Crippen molar-refractivity contribution in [3.8, 4) is 0 Å². The first kappa shape index (κ1) is 15.9. The molecule has 6 heteroatoms. The van der Waals surface area contributed by atoms with E-state index in [1.807, 2.05) is 0 Å². The molecule has 0 aromatic carbocycles. The fourth-order valence-corrected chi connectivity index (χ4v) is 2.79. The summed E-state index contributed by atoms with van der Waals surface area (Å²) in [7, 11) is 0. The van der Waals surface area contributed by atoms with Crippen LogP contribution in [0.3, 0.4) is 0 Å². The second-order valence-electron chi connectivity index (χ2n) is 7.13. The molecule has 0 bridgehead atoms. The van der Waals surface area contributed by atoms with Gasteiger partial charge in [0.25, 0.3) is 0 Å². The maximum absolute atomic E-state index is 12.1. The van der Waals surface area contributed by atoms with Crippen LogP contribution in [0.15, 0.2) is 0 Å². The molecule has 2 aliphatic rings. The highest BCUT2D eigenvalue weighted by Crippen LogP contribution is 2.32. The van der Waals surface area contributed by atoms with Crippen LogP contribution in [0.5, 0.6) is 0 Å². The largest absolute Gasteiger partial charge is 0.368 e. The Kier molecular flexibility index (Phi) is 4.10. The van der Waals surface area contributed by atoms with Gasteiger partial charge in [0.05, 0.1) is 11.0 Å². The Morgan fingerprint density at radius 3 is 2.48 bits per heavy atom. The Hall–Kier alpha value is -1.43. The lowest BCUT2D eigenvalue weighted by Crippen LogP contribution is -2.54. The van der Waals surface area contributed by atoms with Crippen molar-refractivity contribution in [2.75, 3.05) is 6.54 Å². The van der Waals surface area contributed by atoms with Gasteiger partial charge in [-0.2, -0.15) is 0 Å². The van der Waals surface area contributed by atoms with Crippen LogP contribution in [-0.4, -0.2) is 40.7 Å². The maximum atomic E-state index is 12.1. The van der Waals surface area contributed by atoms with Crippen molar-refractivity contribution in [3.63, 3.8) is 0 Å². The number of rotatable bonds is 7. The molecule has 3 amide bonds. The number of primary amides is 1. The molecule has 1 saturated carbocycles. The minimum atomic E-state index is -0.761. The molecule has 3 N–H and O–H groups in total. The third-order valence-electron chi connectivity index (χ3n) is 4.42. The van der Waals surface area contributed by atoms with E-state index in [1.54, 1.807) is 20.8 Å². The van der Waals surface area contributed by atoms with Crippen LogP contribution in [0.2, 0.25) is 0 Å². The summed E-state index contributed by atoms with van der Waals surface area (Å²) < 4.78 is 0. The van der Waals surface area contributed by atoms with E-state index in [4.69, 9.17) is 5.73 Å². The van der Waals surface area contributed by atoms with Crippen molar-refractivity contribution in [3.05, 3.63) is 0 Å². The average Bonchev–Trinajstić information content (AvgIpc) is 3.13. The van der Waals surface area contributed by atoms with Gasteiger partial charge < -0.3 is 11.1 Å². The normalized spacial score (nSPS) is 24.2. The highest BCUT2D eigenvalue weighted by atomic mass is 16.2. The molecule has 0 spiro atoms. The van der Waals surface area contributed by atoms with E-state index in [9.17, 15) is 14.4 Å². The molecule has 6 nitrogen and oxygen atoms in total. The zero-order valence-electron chi connectivity index (χ0n) is 13.1. The number of carbonyl (C=O) groups is 3. The van der Waals surface area contributed by atoms with E-state index in [0.717, 1.165) is 12.8 Å². The van der Waals surface area contributed by atoms with Crippen LogP contribution in [0.1, 0.15) is 52.9 Å².